The van der Waals surface area contributed by atoms with Crippen LogP contribution in [0.5, 0.6) is 5.75 Å². The van der Waals surface area contributed by atoms with E-state index in [2.05, 4.69) is 0 Å². The molecule has 0 saturated carbocycles. The number of anilines is 1. The predicted molar refractivity (Wildman–Crippen MR) is 117 cm³/mol. The summed E-state index contributed by atoms with van der Waals surface area (Å²) in [5.41, 5.74) is -1.77. The number of benzene rings is 3. The molecule has 0 aromatic heterocycles. The molecular formula is C24H15F3N2O6. The average molecular weight is 484 g/mol. The van der Waals surface area contributed by atoms with Crippen LogP contribution < -0.4 is 4.90 Å². The number of hydrogen-bond donors (Lipinski definition) is 2. The van der Waals surface area contributed by atoms with E-state index in [1.807, 2.05) is 0 Å². The Kier molecular flexibility index (Phi) is 5.77. The Hall–Kier alpha value is -4.67. The van der Waals surface area contributed by atoms with Gasteiger partial charge in [-0.05, 0) is 48.0 Å². The van der Waals surface area contributed by atoms with Crippen LogP contribution in [0.25, 0.3) is 5.76 Å². The first-order valence-corrected chi connectivity index (χ1v) is 10.0. The third-order valence-corrected chi connectivity index (χ3v) is 5.46. The Bertz CT molecular complexity index is 1370. The van der Waals surface area contributed by atoms with Crippen LogP contribution >= 0.6 is 0 Å². The number of hydrogen-bond acceptors (Lipinski definition) is 6. The number of carbonyl (C=O) groups excluding carboxylic acids is 2. The van der Waals surface area contributed by atoms with Crippen LogP contribution in [-0.2, 0) is 15.8 Å². The van der Waals surface area contributed by atoms with Crippen molar-refractivity contribution in [3.05, 3.63) is 105 Å². The van der Waals surface area contributed by atoms with Crippen molar-refractivity contribution in [1.82, 2.24) is 0 Å². The molecule has 8 nitrogen and oxygen atoms in total. The van der Waals surface area contributed by atoms with Gasteiger partial charge in [0.25, 0.3) is 17.4 Å². The number of phenols is 1. The summed E-state index contributed by atoms with van der Waals surface area (Å²) in [5.74, 6) is -3.13. The second-order valence-corrected chi connectivity index (χ2v) is 7.61. The molecule has 1 amide bonds. The van der Waals surface area contributed by atoms with Crippen LogP contribution in [0.1, 0.15) is 22.7 Å². The number of halogens is 3. The van der Waals surface area contributed by atoms with E-state index < -0.39 is 45.7 Å². The lowest BCUT2D eigenvalue weighted by Crippen LogP contribution is -2.29. The van der Waals surface area contributed by atoms with Gasteiger partial charge in [-0.2, -0.15) is 13.2 Å². The molecule has 1 unspecified atom stereocenters. The molecule has 11 heteroatoms. The molecule has 1 aliphatic heterocycles. The highest BCUT2D eigenvalue weighted by atomic mass is 19.4. The summed E-state index contributed by atoms with van der Waals surface area (Å²) >= 11 is 0. The number of aliphatic hydroxyl groups excluding tert-OH is 1. The maximum Gasteiger partial charge on any atom is 0.416 e. The van der Waals surface area contributed by atoms with E-state index in [1.165, 1.54) is 42.5 Å². The quantitative estimate of drug-likeness (QED) is 0.178. The number of nitro groups is 1. The van der Waals surface area contributed by atoms with Crippen molar-refractivity contribution in [3.63, 3.8) is 0 Å². The third kappa shape index (κ3) is 4.31. The molecular weight excluding hydrogens is 469 g/mol. The normalized spacial score (nSPS) is 17.6. The van der Waals surface area contributed by atoms with Gasteiger partial charge in [-0.25, -0.2) is 0 Å². The number of nitrogens with zero attached hydrogens (tertiary/aromatic N) is 2. The molecule has 35 heavy (non-hydrogen) atoms. The van der Waals surface area contributed by atoms with Gasteiger partial charge in [-0.1, -0.05) is 18.2 Å². The van der Waals surface area contributed by atoms with Crippen LogP contribution in [0.4, 0.5) is 24.5 Å². The summed E-state index contributed by atoms with van der Waals surface area (Å²) in [7, 11) is 0. The summed E-state index contributed by atoms with van der Waals surface area (Å²) in [6, 6.07) is 12.3. The van der Waals surface area contributed by atoms with E-state index in [4.69, 9.17) is 0 Å². The number of ketones is 1. The number of rotatable bonds is 4. The number of amides is 1. The Morgan fingerprint density at radius 2 is 1.60 bits per heavy atom. The molecule has 2 N–H and O–H groups in total. The van der Waals surface area contributed by atoms with E-state index in [9.17, 15) is 43.1 Å². The topological polar surface area (TPSA) is 121 Å². The summed E-state index contributed by atoms with van der Waals surface area (Å²) in [4.78, 5) is 37.1. The summed E-state index contributed by atoms with van der Waals surface area (Å²) in [5, 5.41) is 31.5. The van der Waals surface area contributed by atoms with Crippen molar-refractivity contribution in [2.75, 3.05) is 4.90 Å². The smallest absolute Gasteiger partial charge is 0.416 e. The SMILES string of the molecule is O=C1C(=O)N(c2cccc(C(F)(F)F)c2)C(c2ccc(O)cc2)/C1=C(\O)c1ccc([N+](=O)[O-])cc1. The van der Waals surface area contributed by atoms with Crippen LogP contribution in [0, 0.1) is 10.1 Å². The fourth-order valence-electron chi connectivity index (χ4n) is 3.80. The third-order valence-electron chi connectivity index (χ3n) is 5.46. The zero-order valence-corrected chi connectivity index (χ0v) is 17.6. The monoisotopic (exact) mass is 484 g/mol. The number of alkyl halides is 3. The molecule has 1 heterocycles. The summed E-state index contributed by atoms with van der Waals surface area (Å²) in [6.07, 6.45) is -4.71. The molecule has 1 aliphatic rings. The van der Waals surface area contributed by atoms with Gasteiger partial charge in [0, 0.05) is 23.4 Å². The second-order valence-electron chi connectivity index (χ2n) is 7.61. The molecule has 1 atom stereocenters. The van der Waals surface area contributed by atoms with Crippen molar-refractivity contribution >= 4 is 28.8 Å². The van der Waals surface area contributed by atoms with Crippen LogP contribution in [0.15, 0.2) is 78.4 Å². The van der Waals surface area contributed by atoms with Crippen molar-refractivity contribution in [2.45, 2.75) is 12.2 Å². The number of aliphatic hydroxyl groups is 1. The van der Waals surface area contributed by atoms with Crippen molar-refractivity contribution < 1.29 is 37.9 Å². The van der Waals surface area contributed by atoms with Crippen LogP contribution in [0.3, 0.4) is 0 Å². The van der Waals surface area contributed by atoms with E-state index in [1.54, 1.807) is 0 Å². The van der Waals surface area contributed by atoms with Gasteiger partial charge in [0.2, 0.25) is 0 Å². The van der Waals surface area contributed by atoms with Crippen molar-refractivity contribution in [3.8, 4) is 5.75 Å². The molecule has 1 saturated heterocycles. The number of carbonyl (C=O) groups is 2. The highest BCUT2D eigenvalue weighted by Gasteiger charge is 2.47. The van der Waals surface area contributed by atoms with Gasteiger partial charge >= 0.3 is 6.18 Å². The summed E-state index contributed by atoms with van der Waals surface area (Å²) in [6.45, 7) is 0. The van der Waals surface area contributed by atoms with Gasteiger partial charge in [0.05, 0.1) is 22.1 Å². The highest BCUT2D eigenvalue weighted by molar-refractivity contribution is 6.51. The maximum atomic E-state index is 13.3. The maximum absolute atomic E-state index is 13.3. The zero-order valence-electron chi connectivity index (χ0n) is 17.6. The van der Waals surface area contributed by atoms with E-state index >= 15 is 0 Å². The summed E-state index contributed by atoms with van der Waals surface area (Å²) < 4.78 is 39.9. The fraction of sp³-hybridized carbons (Fsp3) is 0.0833. The Balaban J connectivity index is 1.92. The van der Waals surface area contributed by atoms with E-state index in [-0.39, 0.29) is 28.3 Å². The van der Waals surface area contributed by atoms with Gasteiger partial charge in [0.1, 0.15) is 11.5 Å². The molecule has 3 aromatic carbocycles. The van der Waals surface area contributed by atoms with Gasteiger partial charge in [-0.15, -0.1) is 0 Å². The molecule has 0 spiro atoms. The number of Topliss-reactive ketones (excluding diaryl/α,β-unsaturated/α-hetero) is 1. The Morgan fingerprint density at radius 3 is 2.17 bits per heavy atom. The molecule has 0 aliphatic carbocycles. The molecule has 1 fully saturated rings. The first-order chi connectivity index (χ1) is 16.5. The Labute approximate surface area is 195 Å². The second kappa shape index (κ2) is 8.60. The largest absolute Gasteiger partial charge is 0.508 e. The molecule has 0 radical (unpaired) electrons. The zero-order chi connectivity index (χ0) is 25.5. The fourth-order valence-corrected chi connectivity index (χ4v) is 3.80. The van der Waals surface area contributed by atoms with Crippen molar-refractivity contribution in [1.29, 1.82) is 0 Å². The highest BCUT2D eigenvalue weighted by Crippen LogP contribution is 2.43. The number of non-ortho nitro benzene ring substituents is 1. The van der Waals surface area contributed by atoms with Crippen LogP contribution in [0.2, 0.25) is 0 Å². The predicted octanol–water partition coefficient (Wildman–Crippen LogP) is 4.95. The number of aromatic hydroxyl groups is 1. The minimum atomic E-state index is -4.71. The lowest BCUT2D eigenvalue weighted by molar-refractivity contribution is -0.384. The molecule has 178 valence electrons. The van der Waals surface area contributed by atoms with E-state index in [0.29, 0.717) is 6.07 Å². The minimum absolute atomic E-state index is 0.0126. The average Bonchev–Trinajstić information content (AvgIpc) is 3.09. The molecule has 3 aromatic rings. The lowest BCUT2D eigenvalue weighted by atomic mass is 9.95. The number of nitro benzene ring substituents is 1. The van der Waals surface area contributed by atoms with Crippen molar-refractivity contribution in [2.24, 2.45) is 0 Å². The van der Waals surface area contributed by atoms with Gasteiger partial charge in [0.15, 0.2) is 0 Å². The van der Waals surface area contributed by atoms with Gasteiger partial charge in [-0.3, -0.25) is 24.6 Å². The Morgan fingerprint density at radius 1 is 0.971 bits per heavy atom. The van der Waals surface area contributed by atoms with Crippen LogP contribution in [-0.4, -0.2) is 26.8 Å². The first kappa shape index (κ1) is 23.5. The minimum Gasteiger partial charge on any atom is -0.508 e. The van der Waals surface area contributed by atoms with E-state index in [0.717, 1.165) is 29.2 Å². The van der Waals surface area contributed by atoms with Gasteiger partial charge < -0.3 is 10.2 Å². The standard InChI is InChI=1S/C24H15F3N2O6/c25-24(26,27)15-2-1-3-17(12-15)28-20(13-6-10-18(30)11-7-13)19(22(32)23(28)33)21(31)14-4-8-16(9-5-14)29(34)35/h1-12,20,30-31H/b21-19+. The first-order valence-electron chi connectivity index (χ1n) is 10.0. The number of phenolic OH excluding ortho intramolecular Hbond substituents is 1. The lowest BCUT2D eigenvalue weighted by Gasteiger charge is -2.26. The molecule has 0 bridgehead atoms. The molecule has 4 rings (SSSR count).